The number of carbonyl (C=O) groups is 3. The van der Waals surface area contributed by atoms with Gasteiger partial charge in [0.1, 0.15) is 35.8 Å². The van der Waals surface area contributed by atoms with Crippen molar-refractivity contribution in [1.82, 2.24) is 15.6 Å². The number of nitrogens with one attached hydrogen (secondary N) is 2. The van der Waals surface area contributed by atoms with E-state index in [1.807, 2.05) is 31.2 Å². The fraction of sp³-hybridized carbons (Fsp3) is 0.250. The van der Waals surface area contributed by atoms with Crippen molar-refractivity contribution in [1.29, 1.82) is 0 Å². The quantitative estimate of drug-likeness (QED) is 0.429. The van der Waals surface area contributed by atoms with Crippen LogP contribution in [0.5, 0.6) is 5.75 Å². The van der Waals surface area contributed by atoms with E-state index in [1.165, 1.54) is 17.6 Å². The van der Waals surface area contributed by atoms with Gasteiger partial charge >= 0.3 is 18.0 Å². The summed E-state index contributed by atoms with van der Waals surface area (Å²) in [5, 5.41) is 7.30. The lowest BCUT2D eigenvalue weighted by Crippen LogP contribution is -2.47. The molecule has 10 nitrogen and oxygen atoms in total. The van der Waals surface area contributed by atoms with Crippen molar-refractivity contribution in [3.8, 4) is 5.75 Å². The molecule has 1 atom stereocenters. The first-order valence-corrected chi connectivity index (χ1v) is 11.6. The van der Waals surface area contributed by atoms with Crippen molar-refractivity contribution in [2.45, 2.75) is 26.5 Å². The van der Waals surface area contributed by atoms with Crippen LogP contribution in [0.3, 0.4) is 0 Å². The van der Waals surface area contributed by atoms with Gasteiger partial charge in [0.2, 0.25) is 0 Å². The number of furan rings is 1. The fourth-order valence-electron chi connectivity index (χ4n) is 3.31. The maximum atomic E-state index is 12.7. The highest BCUT2D eigenvalue weighted by Crippen LogP contribution is 2.28. The average Bonchev–Trinajstić information content (AvgIpc) is 3.54. The number of hydrogen-bond acceptors (Lipinski definition) is 9. The van der Waals surface area contributed by atoms with E-state index in [0.717, 1.165) is 5.56 Å². The summed E-state index contributed by atoms with van der Waals surface area (Å²) >= 11 is 1.26. The van der Waals surface area contributed by atoms with Crippen LogP contribution in [0, 0.1) is 6.92 Å². The third kappa shape index (κ3) is 5.87. The Labute approximate surface area is 204 Å². The highest BCUT2D eigenvalue weighted by molar-refractivity contribution is 7.09. The number of aromatic nitrogens is 1. The summed E-state index contributed by atoms with van der Waals surface area (Å²) in [5.74, 6) is -0.344. The van der Waals surface area contributed by atoms with Crippen LogP contribution < -0.4 is 15.4 Å². The molecule has 1 aliphatic heterocycles. The minimum absolute atomic E-state index is 0.0830. The molecule has 11 heteroatoms. The molecule has 0 spiro atoms. The molecule has 2 N–H and O–H groups in total. The average molecular weight is 498 g/mol. The normalized spacial score (nSPS) is 15.3. The van der Waals surface area contributed by atoms with Gasteiger partial charge in [0.05, 0.1) is 24.1 Å². The molecule has 1 aromatic carbocycles. The predicted molar refractivity (Wildman–Crippen MR) is 125 cm³/mol. The largest absolute Gasteiger partial charge is 0.486 e. The van der Waals surface area contributed by atoms with E-state index in [2.05, 4.69) is 15.6 Å². The zero-order valence-electron chi connectivity index (χ0n) is 19.0. The highest BCUT2D eigenvalue weighted by Gasteiger charge is 2.35. The Morgan fingerprint density at radius 3 is 2.63 bits per heavy atom. The summed E-state index contributed by atoms with van der Waals surface area (Å²) in [4.78, 5) is 41.7. The second-order valence-electron chi connectivity index (χ2n) is 7.46. The Bertz CT molecular complexity index is 1230. The number of urea groups is 1. The number of thiazole rings is 1. The molecule has 0 saturated carbocycles. The van der Waals surface area contributed by atoms with Gasteiger partial charge in [-0.15, -0.1) is 11.3 Å². The van der Waals surface area contributed by atoms with Crippen molar-refractivity contribution >= 4 is 29.3 Å². The smallest absolute Gasteiger partial charge is 0.358 e. The maximum absolute atomic E-state index is 12.7. The lowest BCUT2D eigenvalue weighted by molar-refractivity contribution is -0.139. The molecule has 182 valence electrons. The van der Waals surface area contributed by atoms with Crippen LogP contribution in [0.25, 0.3) is 0 Å². The predicted octanol–water partition coefficient (Wildman–Crippen LogP) is 3.65. The van der Waals surface area contributed by atoms with Gasteiger partial charge in [-0.2, -0.15) is 0 Å². The number of ether oxygens (including phenoxy) is 3. The summed E-state index contributed by atoms with van der Waals surface area (Å²) in [5.41, 5.74) is 1.40. The second kappa shape index (κ2) is 10.9. The summed E-state index contributed by atoms with van der Waals surface area (Å²) < 4.78 is 21.6. The SMILES string of the molecule is CCOC(=O)C1=C(COC(=O)c2csc(COc3ccc(C)cc3)n2)NC(=O)NC1c1ccco1. The van der Waals surface area contributed by atoms with Crippen LogP contribution in [0.2, 0.25) is 0 Å². The van der Waals surface area contributed by atoms with Crippen LogP contribution >= 0.6 is 11.3 Å². The van der Waals surface area contributed by atoms with E-state index >= 15 is 0 Å². The van der Waals surface area contributed by atoms with Crippen LogP contribution in [0.1, 0.15) is 39.8 Å². The number of esters is 2. The molecule has 3 aromatic rings. The van der Waals surface area contributed by atoms with Crippen molar-refractivity contribution in [2.75, 3.05) is 13.2 Å². The van der Waals surface area contributed by atoms with Crippen molar-refractivity contribution < 1.29 is 33.0 Å². The highest BCUT2D eigenvalue weighted by atomic mass is 32.1. The minimum atomic E-state index is -0.892. The number of carbonyl (C=O) groups excluding carboxylic acids is 3. The lowest BCUT2D eigenvalue weighted by atomic mass is 10.0. The standard InChI is InChI=1S/C24H23N3O7S/c1-3-31-23(29)20-16(26-24(30)27-21(20)18-5-4-10-32-18)11-34-22(28)17-13-35-19(25-17)12-33-15-8-6-14(2)7-9-15/h4-10,13,21H,3,11-12H2,1-2H3,(H2,26,27,30). The molecule has 0 fully saturated rings. The molecule has 2 amide bonds. The van der Waals surface area contributed by atoms with E-state index < -0.39 is 24.0 Å². The third-order valence-corrected chi connectivity index (χ3v) is 5.79. The van der Waals surface area contributed by atoms with E-state index in [9.17, 15) is 14.4 Å². The molecule has 1 aliphatic rings. The maximum Gasteiger partial charge on any atom is 0.358 e. The van der Waals surface area contributed by atoms with Gasteiger partial charge < -0.3 is 29.3 Å². The number of nitrogens with zero attached hydrogens (tertiary/aromatic N) is 1. The molecule has 3 heterocycles. The first-order valence-electron chi connectivity index (χ1n) is 10.8. The van der Waals surface area contributed by atoms with Gasteiger partial charge in [0.15, 0.2) is 5.69 Å². The number of benzene rings is 1. The summed E-state index contributed by atoms with van der Waals surface area (Å²) in [6, 6.07) is 9.38. The van der Waals surface area contributed by atoms with Crippen LogP contribution in [-0.2, 0) is 20.9 Å². The van der Waals surface area contributed by atoms with Crippen molar-refractivity contribution in [3.63, 3.8) is 0 Å². The van der Waals surface area contributed by atoms with Gasteiger partial charge in [-0.3, -0.25) is 0 Å². The molecule has 35 heavy (non-hydrogen) atoms. The van der Waals surface area contributed by atoms with Gasteiger partial charge in [0.25, 0.3) is 0 Å². The zero-order valence-corrected chi connectivity index (χ0v) is 19.8. The second-order valence-corrected chi connectivity index (χ2v) is 8.41. The first kappa shape index (κ1) is 24.0. The van der Waals surface area contributed by atoms with E-state index in [0.29, 0.717) is 16.5 Å². The fourth-order valence-corrected chi connectivity index (χ4v) is 3.99. The van der Waals surface area contributed by atoms with Crippen molar-refractivity contribution in [2.24, 2.45) is 0 Å². The van der Waals surface area contributed by atoms with Crippen molar-refractivity contribution in [3.05, 3.63) is 81.3 Å². The van der Waals surface area contributed by atoms with Crippen LogP contribution in [0.15, 0.2) is 63.7 Å². The third-order valence-electron chi connectivity index (χ3n) is 4.97. The zero-order chi connectivity index (χ0) is 24.8. The number of amides is 2. The Kier molecular flexibility index (Phi) is 7.46. The minimum Gasteiger partial charge on any atom is -0.486 e. The van der Waals surface area contributed by atoms with E-state index in [4.69, 9.17) is 18.6 Å². The van der Waals surface area contributed by atoms with E-state index in [1.54, 1.807) is 24.4 Å². The molecule has 2 aromatic heterocycles. The first-order chi connectivity index (χ1) is 16.9. The number of rotatable bonds is 9. The van der Waals surface area contributed by atoms with Crippen LogP contribution in [-0.4, -0.2) is 36.2 Å². The molecule has 1 unspecified atom stereocenters. The Morgan fingerprint density at radius 1 is 1.11 bits per heavy atom. The topological polar surface area (TPSA) is 129 Å². The monoisotopic (exact) mass is 497 g/mol. The van der Waals surface area contributed by atoms with Gasteiger partial charge in [-0.05, 0) is 38.1 Å². The Balaban J connectivity index is 1.45. The molecular formula is C24H23N3O7S. The molecule has 0 radical (unpaired) electrons. The molecular weight excluding hydrogens is 474 g/mol. The van der Waals surface area contributed by atoms with Crippen LogP contribution in [0.4, 0.5) is 4.79 Å². The summed E-state index contributed by atoms with van der Waals surface area (Å²) in [7, 11) is 0. The lowest BCUT2D eigenvalue weighted by Gasteiger charge is -2.27. The number of hydrogen-bond donors (Lipinski definition) is 2. The Hall–Kier alpha value is -4.12. The summed E-state index contributed by atoms with van der Waals surface area (Å²) in [6.07, 6.45) is 1.42. The summed E-state index contributed by atoms with van der Waals surface area (Å²) in [6.45, 7) is 3.61. The van der Waals surface area contributed by atoms with E-state index in [-0.39, 0.29) is 36.8 Å². The molecule has 0 saturated heterocycles. The van der Waals surface area contributed by atoms with Gasteiger partial charge in [0, 0.05) is 5.38 Å². The van der Waals surface area contributed by atoms with Gasteiger partial charge in [-0.1, -0.05) is 17.7 Å². The molecule has 0 aliphatic carbocycles. The molecule has 0 bridgehead atoms. The Morgan fingerprint density at radius 2 is 1.91 bits per heavy atom. The number of aryl methyl sites for hydroxylation is 1. The van der Waals surface area contributed by atoms with Gasteiger partial charge in [-0.25, -0.2) is 19.4 Å². The molecule has 4 rings (SSSR count).